The Morgan fingerprint density at radius 1 is 0.680 bits per heavy atom. The first-order valence-electron chi connectivity index (χ1n) is 8.57. The summed E-state index contributed by atoms with van der Waals surface area (Å²) < 4.78 is 2.27. The van der Waals surface area contributed by atoms with Gasteiger partial charge >= 0.3 is 0 Å². The minimum atomic E-state index is 0.210. The molecule has 1 atom stereocenters. The molecule has 0 aliphatic heterocycles. The lowest BCUT2D eigenvalue weighted by molar-refractivity contribution is 0.644. The molecular weight excluding hydrogens is 304 g/mol. The van der Waals surface area contributed by atoms with E-state index in [0.29, 0.717) is 0 Å². The highest BCUT2D eigenvalue weighted by atomic mass is 15.1. The van der Waals surface area contributed by atoms with Gasteiger partial charge in [-0.1, -0.05) is 91.0 Å². The van der Waals surface area contributed by atoms with Crippen molar-refractivity contribution in [2.24, 2.45) is 0 Å². The maximum Gasteiger partial charge on any atom is 0.0964 e. The largest absolute Gasteiger partial charge is 0.323 e. The third kappa shape index (κ3) is 2.99. The quantitative estimate of drug-likeness (QED) is 0.462. The van der Waals surface area contributed by atoms with E-state index >= 15 is 0 Å². The van der Waals surface area contributed by atoms with Gasteiger partial charge in [0.1, 0.15) is 0 Å². The number of hydrogen-bond acceptors (Lipinski definition) is 1. The maximum absolute atomic E-state index is 4.77. The highest BCUT2D eigenvalue weighted by Gasteiger charge is 2.18. The van der Waals surface area contributed by atoms with Crippen molar-refractivity contribution in [2.75, 3.05) is 0 Å². The molecule has 0 aliphatic carbocycles. The highest BCUT2D eigenvalue weighted by Crippen LogP contribution is 2.34. The standard InChI is InChI=1S/C23H20N2/c1-18(19-11-5-2-6-12-19)25-17-24-22(20-13-7-3-8-14-20)23(25)21-15-9-4-10-16-21/h2-18H,1H3/t18-/m1/s1. The lowest BCUT2D eigenvalue weighted by Gasteiger charge is -2.18. The van der Waals surface area contributed by atoms with E-state index in [1.54, 1.807) is 0 Å². The van der Waals surface area contributed by atoms with Gasteiger partial charge in [-0.3, -0.25) is 0 Å². The lowest BCUT2D eigenvalue weighted by atomic mass is 10.0. The Morgan fingerprint density at radius 3 is 1.80 bits per heavy atom. The molecule has 1 heterocycles. The summed E-state index contributed by atoms with van der Waals surface area (Å²) in [6.45, 7) is 2.22. The zero-order valence-corrected chi connectivity index (χ0v) is 14.2. The monoisotopic (exact) mass is 324 g/mol. The van der Waals surface area contributed by atoms with Crippen LogP contribution >= 0.6 is 0 Å². The van der Waals surface area contributed by atoms with E-state index < -0.39 is 0 Å². The van der Waals surface area contributed by atoms with Crippen LogP contribution in [0.5, 0.6) is 0 Å². The summed E-state index contributed by atoms with van der Waals surface area (Å²) >= 11 is 0. The summed E-state index contributed by atoms with van der Waals surface area (Å²) in [6.07, 6.45) is 1.96. The molecule has 4 aromatic rings. The Balaban J connectivity index is 1.90. The van der Waals surface area contributed by atoms with Gasteiger partial charge in [-0.2, -0.15) is 0 Å². The van der Waals surface area contributed by atoms with Gasteiger partial charge in [0, 0.05) is 11.1 Å². The molecule has 3 aromatic carbocycles. The number of rotatable bonds is 4. The van der Waals surface area contributed by atoms with Gasteiger partial charge in [-0.25, -0.2) is 4.98 Å². The molecule has 4 rings (SSSR count). The third-order valence-corrected chi connectivity index (χ3v) is 4.59. The van der Waals surface area contributed by atoms with Crippen LogP contribution in [0.3, 0.4) is 0 Å². The van der Waals surface area contributed by atoms with Crippen molar-refractivity contribution in [3.8, 4) is 22.5 Å². The summed E-state index contributed by atoms with van der Waals surface area (Å²) in [6, 6.07) is 31.7. The fraction of sp³-hybridized carbons (Fsp3) is 0.0870. The van der Waals surface area contributed by atoms with E-state index in [9.17, 15) is 0 Å². The van der Waals surface area contributed by atoms with E-state index in [4.69, 9.17) is 4.98 Å². The minimum Gasteiger partial charge on any atom is -0.323 e. The third-order valence-electron chi connectivity index (χ3n) is 4.59. The Kier molecular flexibility index (Phi) is 4.17. The number of aromatic nitrogens is 2. The highest BCUT2D eigenvalue weighted by molar-refractivity contribution is 5.78. The fourth-order valence-electron chi connectivity index (χ4n) is 3.24. The molecule has 2 heteroatoms. The average Bonchev–Trinajstić information content (AvgIpc) is 3.14. The topological polar surface area (TPSA) is 17.8 Å². The zero-order chi connectivity index (χ0) is 17.1. The molecule has 1 aromatic heterocycles. The molecule has 0 N–H and O–H groups in total. The van der Waals surface area contributed by atoms with Crippen LogP contribution in [0.1, 0.15) is 18.5 Å². The predicted molar refractivity (Wildman–Crippen MR) is 103 cm³/mol. The van der Waals surface area contributed by atoms with Gasteiger partial charge in [0.05, 0.1) is 23.8 Å². The van der Waals surface area contributed by atoms with E-state index in [0.717, 1.165) is 17.0 Å². The van der Waals surface area contributed by atoms with Crippen molar-refractivity contribution in [3.05, 3.63) is 103 Å². The van der Waals surface area contributed by atoms with Gasteiger partial charge in [-0.05, 0) is 12.5 Å². The molecule has 0 saturated heterocycles. The van der Waals surface area contributed by atoms with E-state index in [1.165, 1.54) is 11.1 Å². The normalized spacial score (nSPS) is 12.0. The number of nitrogens with zero attached hydrogens (tertiary/aromatic N) is 2. The molecule has 2 nitrogen and oxygen atoms in total. The van der Waals surface area contributed by atoms with Crippen molar-refractivity contribution in [2.45, 2.75) is 13.0 Å². The van der Waals surface area contributed by atoms with Crippen LogP contribution in [0.2, 0.25) is 0 Å². The van der Waals surface area contributed by atoms with Crippen LogP contribution < -0.4 is 0 Å². The fourth-order valence-corrected chi connectivity index (χ4v) is 3.24. The molecule has 0 unspecified atom stereocenters. The molecule has 0 radical (unpaired) electrons. The number of imidazole rings is 1. The Labute approximate surface area is 148 Å². The van der Waals surface area contributed by atoms with Gasteiger partial charge in [0.15, 0.2) is 0 Å². The molecule has 122 valence electrons. The van der Waals surface area contributed by atoms with Crippen LogP contribution in [-0.2, 0) is 0 Å². The van der Waals surface area contributed by atoms with Crippen molar-refractivity contribution in [1.29, 1.82) is 0 Å². The van der Waals surface area contributed by atoms with Crippen molar-refractivity contribution >= 4 is 0 Å². The van der Waals surface area contributed by atoms with Gasteiger partial charge in [0.2, 0.25) is 0 Å². The van der Waals surface area contributed by atoms with E-state index in [-0.39, 0.29) is 6.04 Å². The summed E-state index contributed by atoms with van der Waals surface area (Å²) in [5.41, 5.74) is 5.77. The summed E-state index contributed by atoms with van der Waals surface area (Å²) in [4.78, 5) is 4.77. The molecular formula is C23H20N2. The Hall–Kier alpha value is -3.13. The van der Waals surface area contributed by atoms with Gasteiger partial charge < -0.3 is 4.57 Å². The second-order valence-electron chi connectivity index (χ2n) is 6.17. The SMILES string of the molecule is C[C@H](c1ccccc1)n1cnc(-c2ccccc2)c1-c1ccccc1. The molecule has 0 aliphatic rings. The molecule has 0 bridgehead atoms. The molecule has 0 spiro atoms. The first kappa shape index (κ1) is 15.4. The Morgan fingerprint density at radius 2 is 1.20 bits per heavy atom. The smallest absolute Gasteiger partial charge is 0.0964 e. The van der Waals surface area contributed by atoms with Crippen LogP contribution in [0.25, 0.3) is 22.5 Å². The van der Waals surface area contributed by atoms with Crippen LogP contribution in [0.4, 0.5) is 0 Å². The maximum atomic E-state index is 4.77. The summed E-state index contributed by atoms with van der Waals surface area (Å²) in [5, 5.41) is 0. The van der Waals surface area contributed by atoms with E-state index in [1.807, 2.05) is 18.5 Å². The number of benzene rings is 3. The van der Waals surface area contributed by atoms with Gasteiger partial charge in [0.25, 0.3) is 0 Å². The van der Waals surface area contributed by atoms with Crippen molar-refractivity contribution in [1.82, 2.24) is 9.55 Å². The summed E-state index contributed by atoms with van der Waals surface area (Å²) in [5.74, 6) is 0. The van der Waals surface area contributed by atoms with Crippen LogP contribution in [0, 0.1) is 0 Å². The van der Waals surface area contributed by atoms with Gasteiger partial charge in [-0.15, -0.1) is 0 Å². The second-order valence-corrected chi connectivity index (χ2v) is 6.17. The zero-order valence-electron chi connectivity index (χ0n) is 14.2. The van der Waals surface area contributed by atoms with E-state index in [2.05, 4.69) is 90.4 Å². The van der Waals surface area contributed by atoms with Crippen molar-refractivity contribution in [3.63, 3.8) is 0 Å². The lowest BCUT2D eigenvalue weighted by Crippen LogP contribution is -2.07. The predicted octanol–water partition coefficient (Wildman–Crippen LogP) is 5.83. The summed E-state index contributed by atoms with van der Waals surface area (Å²) in [7, 11) is 0. The molecule has 0 amide bonds. The molecule has 0 saturated carbocycles. The minimum absolute atomic E-state index is 0.210. The van der Waals surface area contributed by atoms with Crippen LogP contribution in [-0.4, -0.2) is 9.55 Å². The number of hydrogen-bond donors (Lipinski definition) is 0. The molecule has 25 heavy (non-hydrogen) atoms. The second kappa shape index (κ2) is 6.78. The molecule has 0 fully saturated rings. The average molecular weight is 324 g/mol. The van der Waals surface area contributed by atoms with Crippen LogP contribution in [0.15, 0.2) is 97.3 Å². The Bertz CT molecular complexity index is 941. The first-order chi connectivity index (χ1) is 12.3. The van der Waals surface area contributed by atoms with Crippen molar-refractivity contribution < 1.29 is 0 Å². The first-order valence-corrected chi connectivity index (χ1v) is 8.57.